The summed E-state index contributed by atoms with van der Waals surface area (Å²) in [5.41, 5.74) is 0.750. The second-order valence-electron chi connectivity index (χ2n) is 5.06. The van der Waals surface area contributed by atoms with Gasteiger partial charge in [-0.15, -0.1) is 0 Å². The highest BCUT2D eigenvalue weighted by Gasteiger charge is 2.11. The number of rotatable bonds is 7. The molecule has 0 heterocycles. The maximum absolute atomic E-state index is 12.3. The van der Waals surface area contributed by atoms with Crippen LogP contribution in [0.2, 0.25) is 0 Å². The Morgan fingerprint density at radius 3 is 2.48 bits per heavy atom. The van der Waals surface area contributed by atoms with E-state index in [0.29, 0.717) is 5.56 Å². The van der Waals surface area contributed by atoms with Gasteiger partial charge in [-0.2, -0.15) is 8.78 Å². The lowest BCUT2D eigenvalue weighted by Crippen LogP contribution is -2.06. The fourth-order valence-corrected chi connectivity index (χ4v) is 2.10. The Morgan fingerprint density at radius 2 is 1.81 bits per heavy atom. The average molecular weight is 378 g/mol. The highest BCUT2D eigenvalue weighted by Crippen LogP contribution is 2.29. The molecule has 0 N–H and O–H groups in total. The Kier molecular flexibility index (Phi) is 6.87. The number of halogens is 2. The second kappa shape index (κ2) is 9.33. The maximum Gasteiger partial charge on any atom is 0.387 e. The van der Waals surface area contributed by atoms with Gasteiger partial charge in [-0.1, -0.05) is 12.1 Å². The van der Waals surface area contributed by atoms with Crippen molar-refractivity contribution in [2.24, 2.45) is 0 Å². The molecule has 2 aromatic carbocycles. The van der Waals surface area contributed by atoms with Gasteiger partial charge in [-0.05, 0) is 42.0 Å². The number of hydrogen-bond acceptors (Lipinski definition) is 6. The first kappa shape index (κ1) is 19.9. The van der Waals surface area contributed by atoms with Crippen molar-refractivity contribution in [3.05, 3.63) is 59.7 Å². The van der Waals surface area contributed by atoms with Crippen LogP contribution < -0.4 is 14.2 Å². The Bertz CT molecular complexity index is 848. The standard InChI is InChI=1S/C19H16F2O6/c1-24-16-10-12(6-8-15(16)27-19(20)21)7-9-17(22)26-14-5-3-4-13(11-14)18(23)25-2/h3-11,19H,1-2H3/b9-7+. The molecule has 0 saturated carbocycles. The lowest BCUT2D eigenvalue weighted by atomic mass is 10.2. The number of carbonyl (C=O) groups is 2. The fraction of sp³-hybridized carbons (Fsp3) is 0.158. The van der Waals surface area contributed by atoms with Crippen LogP contribution in [-0.2, 0) is 9.53 Å². The monoisotopic (exact) mass is 378 g/mol. The Labute approximate surface area is 153 Å². The van der Waals surface area contributed by atoms with Gasteiger partial charge in [0.15, 0.2) is 11.5 Å². The molecule has 0 amide bonds. The molecular formula is C19H16F2O6. The van der Waals surface area contributed by atoms with Crippen molar-refractivity contribution in [1.82, 2.24) is 0 Å². The first-order chi connectivity index (χ1) is 12.9. The largest absolute Gasteiger partial charge is 0.493 e. The van der Waals surface area contributed by atoms with Crippen LogP contribution in [-0.4, -0.2) is 32.8 Å². The molecule has 0 atom stereocenters. The quantitative estimate of drug-likeness (QED) is 0.416. The van der Waals surface area contributed by atoms with Gasteiger partial charge >= 0.3 is 18.6 Å². The summed E-state index contributed by atoms with van der Waals surface area (Å²) >= 11 is 0. The molecule has 0 aliphatic heterocycles. The molecule has 0 aliphatic rings. The lowest BCUT2D eigenvalue weighted by Gasteiger charge is -2.10. The van der Waals surface area contributed by atoms with Crippen LogP contribution in [0.15, 0.2) is 48.5 Å². The number of esters is 2. The predicted molar refractivity (Wildman–Crippen MR) is 92.1 cm³/mol. The lowest BCUT2D eigenvalue weighted by molar-refractivity contribution is -0.128. The summed E-state index contributed by atoms with van der Waals surface area (Å²) in [6.45, 7) is -2.98. The summed E-state index contributed by atoms with van der Waals surface area (Å²) in [6.07, 6.45) is 2.56. The third-order valence-corrected chi connectivity index (χ3v) is 3.29. The highest BCUT2D eigenvalue weighted by atomic mass is 19.3. The van der Waals surface area contributed by atoms with E-state index in [4.69, 9.17) is 9.47 Å². The van der Waals surface area contributed by atoms with E-state index in [1.165, 1.54) is 56.7 Å². The summed E-state index contributed by atoms with van der Waals surface area (Å²) in [4.78, 5) is 23.4. The Morgan fingerprint density at radius 1 is 1.04 bits per heavy atom. The molecule has 2 aromatic rings. The smallest absolute Gasteiger partial charge is 0.387 e. The summed E-state index contributed by atoms with van der Waals surface area (Å²) in [7, 11) is 2.55. The third-order valence-electron chi connectivity index (χ3n) is 3.29. The van der Waals surface area contributed by atoms with Gasteiger partial charge in [-0.3, -0.25) is 0 Å². The van der Waals surface area contributed by atoms with E-state index in [1.54, 1.807) is 6.07 Å². The van der Waals surface area contributed by atoms with Gasteiger partial charge < -0.3 is 18.9 Å². The van der Waals surface area contributed by atoms with E-state index in [2.05, 4.69) is 9.47 Å². The molecule has 0 aromatic heterocycles. The first-order valence-electron chi connectivity index (χ1n) is 7.64. The molecule has 8 heteroatoms. The maximum atomic E-state index is 12.3. The number of alkyl halides is 2. The van der Waals surface area contributed by atoms with Gasteiger partial charge in [0.1, 0.15) is 5.75 Å². The summed E-state index contributed by atoms with van der Waals surface area (Å²) in [5, 5.41) is 0. The van der Waals surface area contributed by atoms with Crippen LogP contribution in [0.4, 0.5) is 8.78 Å². The number of methoxy groups -OCH3 is 2. The van der Waals surface area contributed by atoms with Crippen molar-refractivity contribution in [1.29, 1.82) is 0 Å². The summed E-state index contributed by atoms with van der Waals surface area (Å²) in [6, 6.07) is 10.2. The van der Waals surface area contributed by atoms with E-state index in [1.807, 2.05) is 0 Å². The molecule has 0 bridgehead atoms. The second-order valence-corrected chi connectivity index (χ2v) is 5.06. The minimum atomic E-state index is -2.98. The molecule has 27 heavy (non-hydrogen) atoms. The zero-order valence-electron chi connectivity index (χ0n) is 14.5. The normalized spacial score (nSPS) is 10.7. The molecule has 0 radical (unpaired) electrons. The van der Waals surface area contributed by atoms with Crippen LogP contribution in [0.3, 0.4) is 0 Å². The zero-order valence-corrected chi connectivity index (χ0v) is 14.5. The van der Waals surface area contributed by atoms with Crippen molar-refractivity contribution in [3.8, 4) is 17.2 Å². The number of carbonyl (C=O) groups excluding carboxylic acids is 2. The van der Waals surface area contributed by atoms with E-state index < -0.39 is 18.6 Å². The molecule has 2 rings (SSSR count). The van der Waals surface area contributed by atoms with Gasteiger partial charge in [-0.25, -0.2) is 9.59 Å². The van der Waals surface area contributed by atoms with Crippen molar-refractivity contribution < 1.29 is 37.3 Å². The van der Waals surface area contributed by atoms with E-state index >= 15 is 0 Å². The van der Waals surface area contributed by atoms with Gasteiger partial charge in [0.05, 0.1) is 19.8 Å². The van der Waals surface area contributed by atoms with E-state index in [0.717, 1.165) is 6.08 Å². The molecule has 142 valence electrons. The third kappa shape index (κ3) is 5.81. The molecule has 6 nitrogen and oxygen atoms in total. The topological polar surface area (TPSA) is 71.1 Å². The van der Waals surface area contributed by atoms with Crippen molar-refractivity contribution >= 4 is 18.0 Å². The fourth-order valence-electron chi connectivity index (χ4n) is 2.10. The molecular weight excluding hydrogens is 362 g/mol. The SMILES string of the molecule is COC(=O)c1cccc(OC(=O)/C=C/c2ccc(OC(F)F)c(OC)c2)c1. The van der Waals surface area contributed by atoms with Crippen LogP contribution in [0.25, 0.3) is 6.08 Å². The minimum absolute atomic E-state index is 0.0941. The van der Waals surface area contributed by atoms with Crippen LogP contribution >= 0.6 is 0 Å². The average Bonchev–Trinajstić information content (AvgIpc) is 2.66. The van der Waals surface area contributed by atoms with Gasteiger partial charge in [0.25, 0.3) is 0 Å². The number of benzene rings is 2. The number of hydrogen-bond donors (Lipinski definition) is 0. The molecule has 0 spiro atoms. The van der Waals surface area contributed by atoms with Crippen molar-refractivity contribution in [2.45, 2.75) is 6.61 Å². The number of ether oxygens (including phenoxy) is 4. The molecule has 0 fully saturated rings. The van der Waals surface area contributed by atoms with Crippen LogP contribution in [0.5, 0.6) is 17.2 Å². The van der Waals surface area contributed by atoms with Crippen LogP contribution in [0.1, 0.15) is 15.9 Å². The molecule has 0 unspecified atom stereocenters. The zero-order chi connectivity index (χ0) is 19.8. The molecule has 0 aliphatic carbocycles. The molecule has 0 saturated heterocycles. The highest BCUT2D eigenvalue weighted by molar-refractivity contribution is 5.91. The van der Waals surface area contributed by atoms with Gasteiger partial charge in [0.2, 0.25) is 0 Å². The Hall–Kier alpha value is -3.42. The Balaban J connectivity index is 2.07. The van der Waals surface area contributed by atoms with Crippen molar-refractivity contribution in [3.63, 3.8) is 0 Å². The first-order valence-corrected chi connectivity index (χ1v) is 7.64. The minimum Gasteiger partial charge on any atom is -0.493 e. The summed E-state index contributed by atoms with van der Waals surface area (Å²) < 4.78 is 43.7. The van der Waals surface area contributed by atoms with E-state index in [9.17, 15) is 18.4 Å². The predicted octanol–water partition coefficient (Wildman–Crippen LogP) is 3.70. The van der Waals surface area contributed by atoms with Gasteiger partial charge in [0, 0.05) is 6.08 Å². The van der Waals surface area contributed by atoms with Crippen molar-refractivity contribution in [2.75, 3.05) is 14.2 Å². The summed E-state index contributed by atoms with van der Waals surface area (Å²) in [5.74, 6) is -1.10. The van der Waals surface area contributed by atoms with Crippen LogP contribution in [0, 0.1) is 0 Å². The van der Waals surface area contributed by atoms with E-state index in [-0.39, 0.29) is 22.8 Å².